The molecule has 2 aromatic rings. The van der Waals surface area contributed by atoms with Crippen LogP contribution in [0.4, 0.5) is 0 Å². The highest BCUT2D eigenvalue weighted by molar-refractivity contribution is 7.92. The molecule has 0 aliphatic carbocycles. The van der Waals surface area contributed by atoms with Gasteiger partial charge in [-0.25, -0.2) is 13.4 Å². The highest BCUT2D eigenvalue weighted by Gasteiger charge is 2.42. The summed E-state index contributed by atoms with van der Waals surface area (Å²) in [5.41, 5.74) is 2.16. The quantitative estimate of drug-likeness (QED) is 0.373. The first kappa shape index (κ1) is 22.6. The highest BCUT2D eigenvalue weighted by atomic mass is 32.2. The molecule has 3 rings (SSSR count). The van der Waals surface area contributed by atoms with Gasteiger partial charge in [-0.1, -0.05) is 12.1 Å². The van der Waals surface area contributed by atoms with E-state index in [2.05, 4.69) is 31.2 Å². The zero-order valence-corrected chi connectivity index (χ0v) is 19.0. The van der Waals surface area contributed by atoms with Gasteiger partial charge in [-0.15, -0.1) is 0 Å². The minimum Gasteiger partial charge on any atom is -0.381 e. The molecule has 1 aromatic heterocycles. The normalized spacial score (nSPS) is 17.2. The van der Waals surface area contributed by atoms with Crippen molar-refractivity contribution in [3.63, 3.8) is 0 Å². The van der Waals surface area contributed by atoms with Gasteiger partial charge in [-0.3, -0.25) is 4.99 Å². The summed E-state index contributed by atoms with van der Waals surface area (Å²) in [6.07, 6.45) is 3.19. The summed E-state index contributed by atoms with van der Waals surface area (Å²) < 4.78 is 31.6. The molecule has 9 heteroatoms. The molecule has 0 unspecified atom stereocenters. The highest BCUT2D eigenvalue weighted by Crippen LogP contribution is 2.29. The lowest BCUT2D eigenvalue weighted by molar-refractivity contribution is 0.0768. The minimum absolute atomic E-state index is 0.246. The summed E-state index contributed by atoms with van der Waals surface area (Å²) >= 11 is 0. The van der Waals surface area contributed by atoms with Crippen LogP contribution in [0.2, 0.25) is 0 Å². The number of aryl methyl sites for hydroxylation is 2. The molecule has 0 saturated carbocycles. The summed E-state index contributed by atoms with van der Waals surface area (Å²) in [7, 11) is -3.23. The predicted octanol–water partition coefficient (Wildman–Crippen LogP) is 1.88. The molecule has 1 saturated heterocycles. The van der Waals surface area contributed by atoms with Gasteiger partial charge < -0.3 is 19.9 Å². The van der Waals surface area contributed by atoms with Crippen LogP contribution in [0.1, 0.15) is 32.0 Å². The molecular weight excluding hydrogens is 402 g/mol. The minimum atomic E-state index is -3.23. The van der Waals surface area contributed by atoms with Crippen molar-refractivity contribution in [1.82, 2.24) is 20.2 Å². The first-order chi connectivity index (χ1) is 14.4. The van der Waals surface area contributed by atoms with E-state index >= 15 is 0 Å². The SMILES string of the molecule is CCNC(=NCC1(S(C)(=O)=O)CCOCC1)NCCCn1c(C)nc2ccccc21. The van der Waals surface area contributed by atoms with Gasteiger partial charge in [0.25, 0.3) is 0 Å². The first-order valence-corrected chi connectivity index (χ1v) is 12.5. The van der Waals surface area contributed by atoms with Crippen molar-refractivity contribution in [3.8, 4) is 0 Å². The van der Waals surface area contributed by atoms with Gasteiger partial charge >= 0.3 is 0 Å². The number of imidazole rings is 1. The molecule has 1 aliphatic rings. The summed E-state index contributed by atoms with van der Waals surface area (Å²) in [6.45, 7) is 7.49. The van der Waals surface area contributed by atoms with Crippen LogP contribution < -0.4 is 10.6 Å². The summed E-state index contributed by atoms with van der Waals surface area (Å²) in [5.74, 6) is 1.66. The number of sulfone groups is 1. The molecule has 1 fully saturated rings. The van der Waals surface area contributed by atoms with Crippen LogP contribution in [0.25, 0.3) is 11.0 Å². The molecule has 1 aromatic carbocycles. The molecule has 0 bridgehead atoms. The van der Waals surface area contributed by atoms with E-state index in [0.717, 1.165) is 36.4 Å². The molecule has 2 N–H and O–H groups in total. The maximum absolute atomic E-state index is 12.4. The van der Waals surface area contributed by atoms with Crippen molar-refractivity contribution in [2.75, 3.05) is 39.1 Å². The van der Waals surface area contributed by atoms with Crippen molar-refractivity contribution in [1.29, 1.82) is 0 Å². The fourth-order valence-corrected chi connectivity index (χ4v) is 5.08. The number of hydrogen-bond donors (Lipinski definition) is 2. The second-order valence-electron chi connectivity index (χ2n) is 7.84. The zero-order valence-electron chi connectivity index (χ0n) is 18.1. The molecule has 1 aliphatic heterocycles. The summed E-state index contributed by atoms with van der Waals surface area (Å²) in [5, 5.41) is 6.56. The Hall–Kier alpha value is -2.13. The zero-order chi connectivity index (χ0) is 21.6. The van der Waals surface area contributed by atoms with Crippen LogP contribution in [0, 0.1) is 6.92 Å². The van der Waals surface area contributed by atoms with Crippen LogP contribution in [-0.4, -0.2) is 67.8 Å². The maximum Gasteiger partial charge on any atom is 0.191 e. The van der Waals surface area contributed by atoms with Gasteiger partial charge in [-0.05, 0) is 45.2 Å². The van der Waals surface area contributed by atoms with Gasteiger partial charge in [-0.2, -0.15) is 0 Å². The lowest BCUT2D eigenvalue weighted by atomic mass is 9.99. The Labute approximate surface area is 179 Å². The topological polar surface area (TPSA) is 97.6 Å². The van der Waals surface area contributed by atoms with E-state index in [9.17, 15) is 8.42 Å². The van der Waals surface area contributed by atoms with Crippen molar-refractivity contribution in [2.45, 2.75) is 44.4 Å². The van der Waals surface area contributed by atoms with E-state index in [1.54, 1.807) is 0 Å². The predicted molar refractivity (Wildman–Crippen MR) is 121 cm³/mol. The number of para-hydroxylation sites is 2. The van der Waals surface area contributed by atoms with E-state index in [1.165, 1.54) is 6.26 Å². The number of fused-ring (bicyclic) bond motifs is 1. The second kappa shape index (κ2) is 9.78. The molecular formula is C21H33N5O3S. The summed E-state index contributed by atoms with van der Waals surface area (Å²) in [6, 6.07) is 8.15. The second-order valence-corrected chi connectivity index (χ2v) is 10.3. The average molecular weight is 436 g/mol. The van der Waals surface area contributed by atoms with Crippen LogP contribution in [0.3, 0.4) is 0 Å². The molecule has 0 radical (unpaired) electrons. The molecule has 166 valence electrons. The third kappa shape index (κ3) is 5.13. The number of ether oxygens (including phenoxy) is 1. The number of aromatic nitrogens is 2. The Bertz CT molecular complexity index is 978. The average Bonchev–Trinajstić information content (AvgIpc) is 3.04. The van der Waals surface area contributed by atoms with Crippen LogP contribution in [0.15, 0.2) is 29.3 Å². The Balaban J connectivity index is 1.60. The van der Waals surface area contributed by atoms with Crippen LogP contribution in [0.5, 0.6) is 0 Å². The molecule has 30 heavy (non-hydrogen) atoms. The fourth-order valence-electron chi connectivity index (χ4n) is 3.88. The Morgan fingerprint density at radius 3 is 2.70 bits per heavy atom. The molecule has 0 atom stereocenters. The number of benzene rings is 1. The van der Waals surface area contributed by atoms with Crippen molar-refractivity contribution >= 4 is 26.8 Å². The number of guanidine groups is 1. The third-order valence-electron chi connectivity index (χ3n) is 5.76. The number of nitrogens with one attached hydrogen (secondary N) is 2. The van der Waals surface area contributed by atoms with Gasteiger partial charge in [0.1, 0.15) is 5.82 Å². The number of hydrogen-bond acceptors (Lipinski definition) is 5. The summed E-state index contributed by atoms with van der Waals surface area (Å²) in [4.78, 5) is 9.23. The Morgan fingerprint density at radius 2 is 2.00 bits per heavy atom. The van der Waals surface area contributed by atoms with Gasteiger partial charge in [0.15, 0.2) is 15.8 Å². The van der Waals surface area contributed by atoms with Crippen molar-refractivity contribution in [3.05, 3.63) is 30.1 Å². The molecule has 8 nitrogen and oxygen atoms in total. The monoisotopic (exact) mass is 435 g/mol. The van der Waals surface area contributed by atoms with Gasteiger partial charge in [0.05, 0.1) is 22.3 Å². The first-order valence-electron chi connectivity index (χ1n) is 10.6. The van der Waals surface area contributed by atoms with Crippen molar-refractivity contribution < 1.29 is 13.2 Å². The lowest BCUT2D eigenvalue weighted by Crippen LogP contribution is -2.47. The van der Waals surface area contributed by atoms with Crippen LogP contribution in [-0.2, 0) is 21.1 Å². The number of nitrogens with zero attached hydrogens (tertiary/aromatic N) is 3. The molecule has 2 heterocycles. The van der Waals surface area contributed by atoms with Crippen molar-refractivity contribution in [2.24, 2.45) is 4.99 Å². The van der Waals surface area contributed by atoms with Gasteiger partial charge in [0, 0.05) is 39.1 Å². The fraction of sp³-hybridized carbons (Fsp3) is 0.619. The third-order valence-corrected chi connectivity index (χ3v) is 7.87. The lowest BCUT2D eigenvalue weighted by Gasteiger charge is -2.34. The van der Waals surface area contributed by atoms with E-state index in [4.69, 9.17) is 4.74 Å². The van der Waals surface area contributed by atoms with Gasteiger partial charge in [0.2, 0.25) is 0 Å². The van der Waals surface area contributed by atoms with E-state index < -0.39 is 14.6 Å². The van der Waals surface area contributed by atoms with E-state index in [1.807, 2.05) is 32.0 Å². The maximum atomic E-state index is 12.4. The smallest absolute Gasteiger partial charge is 0.191 e. The largest absolute Gasteiger partial charge is 0.381 e. The Kier molecular flexibility index (Phi) is 7.36. The van der Waals surface area contributed by atoms with E-state index in [0.29, 0.717) is 38.6 Å². The van der Waals surface area contributed by atoms with E-state index in [-0.39, 0.29) is 6.54 Å². The molecule has 0 amide bonds. The number of rotatable bonds is 8. The van der Waals surface area contributed by atoms with Crippen LogP contribution >= 0.6 is 0 Å². The standard InChI is InChI=1S/C21H33N5O3S/c1-4-22-20(24-16-21(30(3,27)28)10-14-29-15-11-21)23-12-7-13-26-17(2)25-18-8-5-6-9-19(18)26/h5-6,8-9H,4,7,10-16H2,1-3H3,(H2,22,23,24). The molecule has 0 spiro atoms. The Morgan fingerprint density at radius 1 is 1.27 bits per heavy atom. The number of aliphatic imine (C=N–C) groups is 1.